The third-order valence-electron chi connectivity index (χ3n) is 6.89. The fraction of sp³-hybridized carbons (Fsp3) is 0.194. The minimum absolute atomic E-state index is 0.650. The topological polar surface area (TPSA) is 31.1 Å². The maximum absolute atomic E-state index is 6.11. The van der Waals surface area contributed by atoms with Crippen molar-refractivity contribution in [3.05, 3.63) is 102 Å². The lowest BCUT2D eigenvalue weighted by Gasteiger charge is -2.16. The van der Waals surface area contributed by atoms with E-state index in [0.717, 1.165) is 53.6 Å². The summed E-state index contributed by atoms with van der Waals surface area (Å²) < 4.78 is 10.5. The molecule has 0 saturated carbocycles. The van der Waals surface area contributed by atoms with E-state index in [2.05, 4.69) is 81.2 Å². The van der Waals surface area contributed by atoms with Gasteiger partial charge in [0.15, 0.2) is 0 Å². The maximum atomic E-state index is 6.11. The molecule has 0 unspecified atom stereocenters. The number of nitrogens with zero attached hydrogens (tertiary/aromatic N) is 2. The van der Waals surface area contributed by atoms with E-state index in [9.17, 15) is 0 Å². The molecule has 36 heavy (non-hydrogen) atoms. The van der Waals surface area contributed by atoms with E-state index in [-0.39, 0.29) is 0 Å². The standard InChI is InChI=1S/C31H29N3OS/c1-2-35-25-18-16-23(17-19-25)32-31(36)30-26-21-28(22-11-5-3-6-12-22)33-20-10-9-15-27(29(26)33)34(30)24-13-7-4-8-14-24/h3-8,11-14,16-19,21H,2,9-10,15,20H2,1H3,(H,32,36). The fourth-order valence-corrected chi connectivity index (χ4v) is 5.67. The van der Waals surface area contributed by atoms with Gasteiger partial charge >= 0.3 is 0 Å². The Hall–Kier alpha value is -3.83. The highest BCUT2D eigenvalue weighted by Crippen LogP contribution is 2.39. The quantitative estimate of drug-likeness (QED) is 0.248. The van der Waals surface area contributed by atoms with E-state index in [1.165, 1.54) is 27.9 Å². The third kappa shape index (κ3) is 3.99. The largest absolute Gasteiger partial charge is 0.494 e. The zero-order valence-electron chi connectivity index (χ0n) is 20.4. The Labute approximate surface area is 217 Å². The molecule has 2 aromatic heterocycles. The summed E-state index contributed by atoms with van der Waals surface area (Å²) in [4.78, 5) is 0.719. The highest BCUT2D eigenvalue weighted by molar-refractivity contribution is 7.81. The van der Waals surface area contributed by atoms with Crippen molar-refractivity contribution in [3.8, 4) is 22.7 Å². The number of thiocarbonyl (C=S) groups is 1. The lowest BCUT2D eigenvalue weighted by atomic mass is 10.1. The second kappa shape index (κ2) is 9.67. The number of ether oxygens (including phenoxy) is 1. The summed E-state index contributed by atoms with van der Waals surface area (Å²) in [7, 11) is 0. The molecule has 0 bridgehead atoms. The molecule has 1 aliphatic heterocycles. The first kappa shape index (κ1) is 22.6. The molecule has 1 aliphatic rings. The predicted molar refractivity (Wildman–Crippen MR) is 153 cm³/mol. The lowest BCUT2D eigenvalue weighted by Crippen LogP contribution is -2.16. The Morgan fingerprint density at radius 2 is 1.64 bits per heavy atom. The molecule has 0 spiro atoms. The molecule has 3 heterocycles. The monoisotopic (exact) mass is 491 g/mol. The molecule has 0 aliphatic carbocycles. The van der Waals surface area contributed by atoms with Crippen molar-refractivity contribution in [2.75, 3.05) is 11.9 Å². The van der Waals surface area contributed by atoms with Gasteiger partial charge in [0.25, 0.3) is 0 Å². The van der Waals surface area contributed by atoms with Crippen molar-refractivity contribution in [2.45, 2.75) is 32.7 Å². The number of anilines is 1. The molecule has 6 rings (SSSR count). The summed E-state index contributed by atoms with van der Waals surface area (Å²) in [6.07, 6.45) is 3.34. The SMILES string of the molecule is CCOc1ccc(NC(=S)c2c3cc(-c4ccccc4)n4c3c(n2-c2ccccc2)CCCC4)cc1. The number of hydrogen-bond acceptors (Lipinski definition) is 2. The first-order chi connectivity index (χ1) is 17.7. The Morgan fingerprint density at radius 1 is 0.917 bits per heavy atom. The molecule has 0 saturated heterocycles. The first-order valence-electron chi connectivity index (χ1n) is 12.7. The molecule has 180 valence electrons. The smallest absolute Gasteiger partial charge is 0.128 e. The Bertz CT molecular complexity index is 1520. The van der Waals surface area contributed by atoms with Gasteiger partial charge in [-0.25, -0.2) is 0 Å². The van der Waals surface area contributed by atoms with Gasteiger partial charge in [0.05, 0.1) is 17.8 Å². The van der Waals surface area contributed by atoms with Crippen LogP contribution < -0.4 is 10.1 Å². The minimum Gasteiger partial charge on any atom is -0.494 e. The van der Waals surface area contributed by atoms with E-state index >= 15 is 0 Å². The maximum Gasteiger partial charge on any atom is 0.128 e. The molecule has 5 heteroatoms. The van der Waals surface area contributed by atoms with Gasteiger partial charge in [-0.2, -0.15) is 0 Å². The van der Waals surface area contributed by atoms with E-state index < -0.39 is 0 Å². The van der Waals surface area contributed by atoms with Crippen LogP contribution in [-0.2, 0) is 13.0 Å². The zero-order chi connectivity index (χ0) is 24.5. The molecule has 4 nitrogen and oxygen atoms in total. The normalized spacial score (nSPS) is 12.9. The minimum atomic E-state index is 0.650. The molecular formula is C31H29N3OS. The van der Waals surface area contributed by atoms with Gasteiger partial charge < -0.3 is 19.2 Å². The van der Waals surface area contributed by atoms with Gasteiger partial charge in [-0.1, -0.05) is 60.7 Å². The highest BCUT2D eigenvalue weighted by atomic mass is 32.1. The van der Waals surface area contributed by atoms with Crippen molar-refractivity contribution < 1.29 is 4.74 Å². The third-order valence-corrected chi connectivity index (χ3v) is 7.18. The summed E-state index contributed by atoms with van der Waals surface area (Å²) >= 11 is 6.11. The molecule has 0 fully saturated rings. The summed E-state index contributed by atoms with van der Waals surface area (Å²) in [5.41, 5.74) is 8.28. The van der Waals surface area contributed by atoms with Gasteiger partial charge in [-0.15, -0.1) is 0 Å². The van der Waals surface area contributed by atoms with Crippen LogP contribution in [0.5, 0.6) is 5.75 Å². The van der Waals surface area contributed by atoms with E-state index in [1.807, 2.05) is 31.2 Å². The van der Waals surface area contributed by atoms with Crippen molar-refractivity contribution in [1.82, 2.24) is 9.13 Å². The number of rotatable bonds is 6. The average Bonchev–Trinajstić information content (AvgIpc) is 3.34. The van der Waals surface area contributed by atoms with Crippen LogP contribution in [0.25, 0.3) is 27.8 Å². The molecular weight excluding hydrogens is 462 g/mol. The summed E-state index contributed by atoms with van der Waals surface area (Å²) in [6, 6.07) is 31.6. The second-order valence-electron chi connectivity index (χ2n) is 9.14. The number of aryl methyl sites for hydroxylation is 2. The number of para-hydroxylation sites is 1. The Kier molecular flexibility index (Phi) is 6.08. The summed E-state index contributed by atoms with van der Waals surface area (Å²) in [5, 5.41) is 4.72. The molecule has 0 radical (unpaired) electrons. The van der Waals surface area contributed by atoms with Crippen LogP contribution in [0.2, 0.25) is 0 Å². The van der Waals surface area contributed by atoms with Crippen molar-refractivity contribution in [2.24, 2.45) is 0 Å². The predicted octanol–water partition coefficient (Wildman–Crippen LogP) is 7.62. The van der Waals surface area contributed by atoms with Crippen molar-refractivity contribution in [3.63, 3.8) is 0 Å². The van der Waals surface area contributed by atoms with Crippen LogP contribution in [-0.4, -0.2) is 20.7 Å². The number of benzene rings is 3. The van der Waals surface area contributed by atoms with Crippen molar-refractivity contribution >= 4 is 33.8 Å². The Balaban J connectivity index is 1.54. The molecule has 3 aromatic carbocycles. The van der Waals surface area contributed by atoms with Gasteiger partial charge in [0, 0.05) is 34.7 Å². The number of nitrogens with one attached hydrogen (secondary N) is 1. The average molecular weight is 492 g/mol. The van der Waals surface area contributed by atoms with Gasteiger partial charge in [0.2, 0.25) is 0 Å². The highest BCUT2D eigenvalue weighted by Gasteiger charge is 2.27. The second-order valence-corrected chi connectivity index (χ2v) is 9.55. The summed E-state index contributed by atoms with van der Waals surface area (Å²) in [5.74, 6) is 0.859. The van der Waals surface area contributed by atoms with Crippen molar-refractivity contribution in [1.29, 1.82) is 0 Å². The van der Waals surface area contributed by atoms with Crippen LogP contribution in [0.15, 0.2) is 91.0 Å². The zero-order valence-corrected chi connectivity index (χ0v) is 21.2. The lowest BCUT2D eigenvalue weighted by molar-refractivity contribution is 0.340. The van der Waals surface area contributed by atoms with Gasteiger partial charge in [0.1, 0.15) is 10.7 Å². The first-order valence-corrected chi connectivity index (χ1v) is 13.1. The molecule has 0 atom stereocenters. The van der Waals surface area contributed by atoms with Crippen LogP contribution in [0.4, 0.5) is 5.69 Å². The van der Waals surface area contributed by atoms with Crippen LogP contribution in [0, 0.1) is 0 Å². The number of aromatic nitrogens is 2. The van der Waals surface area contributed by atoms with Crippen LogP contribution in [0.3, 0.4) is 0 Å². The Morgan fingerprint density at radius 3 is 2.36 bits per heavy atom. The molecule has 0 amide bonds. The van der Waals surface area contributed by atoms with Gasteiger partial charge in [-0.05, 0) is 74.2 Å². The molecule has 5 aromatic rings. The molecule has 1 N–H and O–H groups in total. The summed E-state index contributed by atoms with van der Waals surface area (Å²) in [6.45, 7) is 3.65. The number of hydrogen-bond donors (Lipinski definition) is 1. The van der Waals surface area contributed by atoms with E-state index in [1.54, 1.807) is 0 Å². The van der Waals surface area contributed by atoms with E-state index in [0.29, 0.717) is 6.61 Å². The van der Waals surface area contributed by atoms with Crippen LogP contribution in [0.1, 0.15) is 31.2 Å². The fourth-order valence-electron chi connectivity index (χ4n) is 5.35. The van der Waals surface area contributed by atoms with Crippen LogP contribution >= 0.6 is 12.2 Å². The van der Waals surface area contributed by atoms with Gasteiger partial charge in [-0.3, -0.25) is 0 Å². The van der Waals surface area contributed by atoms with E-state index in [4.69, 9.17) is 17.0 Å².